The summed E-state index contributed by atoms with van der Waals surface area (Å²) in [6.45, 7) is 5.27. The average Bonchev–Trinajstić information content (AvgIpc) is 2.60. The monoisotopic (exact) mass is 367 g/mol. The van der Waals surface area contributed by atoms with Crippen molar-refractivity contribution < 1.29 is 19.2 Å². The summed E-state index contributed by atoms with van der Waals surface area (Å²) in [5.74, 6) is -0.252. The highest BCUT2D eigenvalue weighted by Gasteiger charge is 2.09. The van der Waals surface area contributed by atoms with Crippen LogP contribution in [0.2, 0.25) is 0 Å². The van der Waals surface area contributed by atoms with Gasteiger partial charge in [-0.1, -0.05) is 12.1 Å². The molecular formula is C18H29N3O5. The highest BCUT2D eigenvalue weighted by molar-refractivity contribution is 6.04. The van der Waals surface area contributed by atoms with Gasteiger partial charge in [0.25, 0.3) is 5.69 Å². The van der Waals surface area contributed by atoms with Crippen molar-refractivity contribution in [1.82, 2.24) is 9.80 Å². The second kappa shape index (κ2) is 13.0. The molecule has 0 saturated heterocycles. The first kappa shape index (κ1) is 23.7. The van der Waals surface area contributed by atoms with Crippen molar-refractivity contribution in [3.8, 4) is 0 Å². The molecule has 0 amide bonds. The third kappa shape index (κ3) is 9.87. The lowest BCUT2D eigenvalue weighted by Crippen LogP contribution is -2.33. The molecule has 0 N–H and O–H groups in total. The van der Waals surface area contributed by atoms with Gasteiger partial charge in [-0.2, -0.15) is 0 Å². The van der Waals surface area contributed by atoms with Crippen LogP contribution in [0.1, 0.15) is 24.2 Å². The predicted molar refractivity (Wildman–Crippen MR) is 101 cm³/mol. The Morgan fingerprint density at radius 1 is 1.19 bits per heavy atom. The van der Waals surface area contributed by atoms with Gasteiger partial charge in [0.05, 0.1) is 4.92 Å². The van der Waals surface area contributed by atoms with E-state index in [9.17, 15) is 14.9 Å². The largest absolute Gasteiger partial charge is 0.383 e. The average molecular weight is 367 g/mol. The summed E-state index contributed by atoms with van der Waals surface area (Å²) in [6, 6.07) is 5.67. The summed E-state index contributed by atoms with van der Waals surface area (Å²) in [5, 5.41) is 10.5. The van der Waals surface area contributed by atoms with Crippen LogP contribution in [0.4, 0.5) is 5.69 Å². The summed E-state index contributed by atoms with van der Waals surface area (Å²) in [5.41, 5.74) is 0.233. The molecule has 1 rings (SSSR count). The van der Waals surface area contributed by atoms with E-state index < -0.39 is 4.92 Å². The molecular weight excluding hydrogens is 338 g/mol. The first-order valence-electron chi connectivity index (χ1n) is 8.25. The topological polar surface area (TPSA) is 85.2 Å². The van der Waals surface area contributed by atoms with Crippen LogP contribution in [0.5, 0.6) is 0 Å². The van der Waals surface area contributed by atoms with Gasteiger partial charge in [0.15, 0.2) is 5.78 Å². The Hall–Kier alpha value is -2.29. The Kier molecular flexibility index (Phi) is 11.8. The SMILES string of the molecule is CCOC(OCC)N(C)C.CN(C)C=CC(=O)c1cccc([N+](=O)[O-])c1. The summed E-state index contributed by atoms with van der Waals surface area (Å²) >= 11 is 0. The zero-order valence-corrected chi connectivity index (χ0v) is 16.3. The summed E-state index contributed by atoms with van der Waals surface area (Å²) in [6.07, 6.45) is 2.79. The molecule has 1 aromatic rings. The predicted octanol–water partition coefficient (Wildman–Crippen LogP) is 2.76. The van der Waals surface area contributed by atoms with Crippen LogP contribution in [-0.4, -0.2) is 68.3 Å². The lowest BCUT2D eigenvalue weighted by molar-refractivity contribution is -0.384. The summed E-state index contributed by atoms with van der Waals surface area (Å²) < 4.78 is 10.5. The number of ether oxygens (including phenoxy) is 2. The van der Waals surface area contributed by atoms with Crippen LogP contribution in [0, 0.1) is 10.1 Å². The van der Waals surface area contributed by atoms with Gasteiger partial charge >= 0.3 is 0 Å². The van der Waals surface area contributed by atoms with Gasteiger partial charge in [0.1, 0.15) is 0 Å². The molecule has 0 fully saturated rings. The normalized spacial score (nSPS) is 10.8. The second-order valence-electron chi connectivity index (χ2n) is 5.63. The Morgan fingerprint density at radius 2 is 1.77 bits per heavy atom. The number of hydrogen-bond acceptors (Lipinski definition) is 7. The van der Waals surface area contributed by atoms with Gasteiger partial charge in [0, 0.05) is 57.3 Å². The molecule has 0 atom stereocenters. The number of carbonyl (C=O) groups excluding carboxylic acids is 1. The molecule has 0 heterocycles. The first-order chi connectivity index (χ1) is 12.2. The van der Waals surface area contributed by atoms with Gasteiger partial charge in [0.2, 0.25) is 6.41 Å². The van der Waals surface area contributed by atoms with E-state index in [0.29, 0.717) is 18.8 Å². The number of allylic oxidation sites excluding steroid dienone is 1. The van der Waals surface area contributed by atoms with Gasteiger partial charge in [-0.15, -0.1) is 0 Å². The van der Waals surface area contributed by atoms with E-state index in [1.54, 1.807) is 31.3 Å². The molecule has 146 valence electrons. The molecule has 0 aromatic heterocycles. The lowest BCUT2D eigenvalue weighted by Gasteiger charge is -2.22. The molecule has 0 aliphatic rings. The molecule has 0 radical (unpaired) electrons. The van der Waals surface area contributed by atoms with Crippen LogP contribution in [0.25, 0.3) is 0 Å². The molecule has 0 unspecified atom stereocenters. The van der Waals surface area contributed by atoms with E-state index in [4.69, 9.17) is 9.47 Å². The van der Waals surface area contributed by atoms with Crippen molar-refractivity contribution in [3.63, 3.8) is 0 Å². The quantitative estimate of drug-likeness (QED) is 0.218. The van der Waals surface area contributed by atoms with Crippen LogP contribution >= 0.6 is 0 Å². The molecule has 8 heteroatoms. The van der Waals surface area contributed by atoms with Crippen LogP contribution in [-0.2, 0) is 9.47 Å². The van der Waals surface area contributed by atoms with Crippen molar-refractivity contribution in [2.24, 2.45) is 0 Å². The zero-order chi connectivity index (χ0) is 20.1. The third-order valence-electron chi connectivity index (χ3n) is 2.91. The van der Waals surface area contributed by atoms with E-state index in [1.165, 1.54) is 24.3 Å². The number of nitrogens with zero attached hydrogens (tertiary/aromatic N) is 3. The lowest BCUT2D eigenvalue weighted by atomic mass is 10.1. The standard InChI is InChI=1S/C11H12N2O3.C7H17NO2/c1-12(2)7-6-11(14)9-4-3-5-10(8-9)13(15)16;1-5-9-7(8(3)4)10-6-2/h3-8H,1-2H3;7H,5-6H2,1-4H3. The Morgan fingerprint density at radius 3 is 2.19 bits per heavy atom. The van der Waals surface area contributed by atoms with Crippen molar-refractivity contribution in [2.45, 2.75) is 20.3 Å². The third-order valence-corrected chi connectivity index (χ3v) is 2.91. The van der Waals surface area contributed by atoms with E-state index in [2.05, 4.69) is 0 Å². The fraction of sp³-hybridized carbons (Fsp3) is 0.500. The van der Waals surface area contributed by atoms with Crippen molar-refractivity contribution >= 4 is 11.5 Å². The first-order valence-corrected chi connectivity index (χ1v) is 8.25. The number of hydrogen-bond donors (Lipinski definition) is 0. The zero-order valence-electron chi connectivity index (χ0n) is 16.3. The van der Waals surface area contributed by atoms with E-state index in [-0.39, 0.29) is 17.9 Å². The molecule has 0 aliphatic heterocycles. The minimum absolute atomic E-state index is 0.0795. The maximum absolute atomic E-state index is 11.6. The number of benzene rings is 1. The molecule has 0 aliphatic carbocycles. The van der Waals surface area contributed by atoms with Crippen molar-refractivity contribution in [3.05, 3.63) is 52.2 Å². The van der Waals surface area contributed by atoms with Crippen molar-refractivity contribution in [1.29, 1.82) is 0 Å². The molecule has 0 bridgehead atoms. The Labute approximate surface area is 155 Å². The number of carbonyl (C=O) groups is 1. The van der Waals surface area contributed by atoms with E-state index in [1.807, 2.05) is 32.8 Å². The fourth-order valence-corrected chi connectivity index (χ4v) is 1.72. The number of non-ortho nitro benzene ring substituents is 1. The van der Waals surface area contributed by atoms with Crippen molar-refractivity contribution in [2.75, 3.05) is 41.4 Å². The summed E-state index contributed by atoms with van der Waals surface area (Å²) in [4.78, 5) is 25.2. The molecule has 26 heavy (non-hydrogen) atoms. The summed E-state index contributed by atoms with van der Waals surface area (Å²) in [7, 11) is 7.43. The smallest absolute Gasteiger partial charge is 0.270 e. The Balaban J connectivity index is 0.000000541. The van der Waals surface area contributed by atoms with Gasteiger partial charge in [-0.3, -0.25) is 19.8 Å². The van der Waals surface area contributed by atoms with E-state index in [0.717, 1.165) is 0 Å². The highest BCUT2D eigenvalue weighted by Crippen LogP contribution is 2.13. The van der Waals surface area contributed by atoms with Gasteiger partial charge < -0.3 is 14.4 Å². The minimum Gasteiger partial charge on any atom is -0.383 e. The van der Waals surface area contributed by atoms with Crippen LogP contribution in [0.3, 0.4) is 0 Å². The van der Waals surface area contributed by atoms with Crippen LogP contribution in [0.15, 0.2) is 36.5 Å². The molecule has 0 spiro atoms. The fourth-order valence-electron chi connectivity index (χ4n) is 1.72. The number of rotatable bonds is 9. The highest BCUT2D eigenvalue weighted by atomic mass is 16.7. The minimum atomic E-state index is -0.521. The Bertz CT molecular complexity index is 582. The van der Waals surface area contributed by atoms with Gasteiger partial charge in [-0.25, -0.2) is 0 Å². The number of nitro benzene ring substituents is 1. The number of ketones is 1. The second-order valence-corrected chi connectivity index (χ2v) is 5.63. The van der Waals surface area contributed by atoms with E-state index >= 15 is 0 Å². The molecule has 8 nitrogen and oxygen atoms in total. The number of nitro groups is 1. The molecule has 1 aromatic carbocycles. The maximum atomic E-state index is 11.6. The van der Waals surface area contributed by atoms with Crippen LogP contribution < -0.4 is 0 Å². The van der Waals surface area contributed by atoms with Gasteiger partial charge in [-0.05, 0) is 27.9 Å². The maximum Gasteiger partial charge on any atom is 0.270 e. The molecule has 0 saturated carbocycles.